The van der Waals surface area contributed by atoms with Gasteiger partial charge in [-0.1, -0.05) is 0 Å². The maximum absolute atomic E-state index is 12.4. The molecule has 1 aliphatic carbocycles. The molecule has 3 aromatic heterocycles. The highest BCUT2D eigenvalue weighted by molar-refractivity contribution is 7.18. The molecule has 1 N–H and O–H groups in total. The number of nitrogens with zero attached hydrogens (tertiary/aromatic N) is 2. The maximum atomic E-state index is 12.4. The highest BCUT2D eigenvalue weighted by Crippen LogP contribution is 2.34. The molecule has 0 aromatic carbocycles. The van der Waals surface area contributed by atoms with Gasteiger partial charge < -0.3 is 9.72 Å². The normalized spacial score (nSPS) is 14.3. The molecule has 1 aliphatic rings. The first kappa shape index (κ1) is 16.9. The van der Waals surface area contributed by atoms with Crippen molar-refractivity contribution in [1.29, 1.82) is 0 Å². The third-order valence-corrected chi connectivity index (χ3v) is 5.86. The van der Waals surface area contributed by atoms with E-state index in [9.17, 15) is 9.59 Å². The summed E-state index contributed by atoms with van der Waals surface area (Å²) in [6, 6.07) is 3.64. The van der Waals surface area contributed by atoms with Gasteiger partial charge in [-0.05, 0) is 49.4 Å². The molecule has 134 valence electrons. The zero-order valence-electron chi connectivity index (χ0n) is 14.4. The lowest BCUT2D eigenvalue weighted by Crippen LogP contribution is -2.14. The van der Waals surface area contributed by atoms with Crippen LogP contribution in [0.4, 0.5) is 0 Å². The first-order chi connectivity index (χ1) is 12.6. The summed E-state index contributed by atoms with van der Waals surface area (Å²) in [5, 5.41) is 0.736. The van der Waals surface area contributed by atoms with Crippen molar-refractivity contribution in [2.45, 2.75) is 45.1 Å². The Hall–Kier alpha value is -2.54. The minimum absolute atomic E-state index is 0.0945. The molecule has 3 aromatic rings. The molecule has 1 atom stereocenters. The lowest BCUT2D eigenvalue weighted by atomic mass is 10.2. The van der Waals surface area contributed by atoms with Crippen molar-refractivity contribution in [2.24, 2.45) is 0 Å². The number of aromatic amines is 1. The largest absolute Gasteiger partial charge is 0.458 e. The van der Waals surface area contributed by atoms with Crippen molar-refractivity contribution in [3.8, 4) is 0 Å². The Morgan fingerprint density at radius 2 is 2.15 bits per heavy atom. The number of thiophene rings is 1. The second-order valence-electron chi connectivity index (χ2n) is 6.46. The van der Waals surface area contributed by atoms with Crippen LogP contribution in [0.3, 0.4) is 0 Å². The summed E-state index contributed by atoms with van der Waals surface area (Å²) in [5.41, 5.74) is 1.97. The third kappa shape index (κ3) is 3.26. The van der Waals surface area contributed by atoms with E-state index < -0.39 is 0 Å². The second-order valence-corrected chi connectivity index (χ2v) is 7.55. The number of esters is 1. The number of rotatable bonds is 5. The van der Waals surface area contributed by atoms with Crippen molar-refractivity contribution in [1.82, 2.24) is 15.0 Å². The Morgan fingerprint density at radius 1 is 1.35 bits per heavy atom. The van der Waals surface area contributed by atoms with E-state index in [2.05, 4.69) is 15.0 Å². The number of ether oxygens (including phenoxy) is 1. The Bertz CT molecular complexity index is 1010. The molecular weight excluding hydrogens is 350 g/mol. The number of carbonyl (C=O) groups is 1. The number of hydrogen-bond acceptors (Lipinski definition) is 6. The van der Waals surface area contributed by atoms with Crippen LogP contribution >= 0.6 is 11.3 Å². The van der Waals surface area contributed by atoms with Gasteiger partial charge in [-0.2, -0.15) is 0 Å². The van der Waals surface area contributed by atoms with Gasteiger partial charge in [0.05, 0.1) is 11.8 Å². The average Bonchev–Trinajstić information content (AvgIpc) is 3.21. The van der Waals surface area contributed by atoms with Crippen LogP contribution in [-0.4, -0.2) is 20.9 Å². The molecule has 0 spiro atoms. The molecule has 4 rings (SSSR count). The summed E-state index contributed by atoms with van der Waals surface area (Å²) < 4.78 is 5.44. The maximum Gasteiger partial charge on any atom is 0.306 e. The van der Waals surface area contributed by atoms with Gasteiger partial charge in [0.1, 0.15) is 16.8 Å². The number of pyridine rings is 1. The highest BCUT2D eigenvalue weighted by atomic mass is 32.1. The number of aryl methyl sites for hydroxylation is 3. The van der Waals surface area contributed by atoms with E-state index in [4.69, 9.17) is 4.74 Å². The quantitative estimate of drug-likeness (QED) is 0.699. The average molecular weight is 369 g/mol. The standard InChI is InChI=1S/C19H19N3O3S/c1-11(12-7-9-20-10-8-12)25-16(23)6-5-15-21-18(24)17-13-3-2-4-14(13)26-19(17)22-15/h7-11H,2-6H2,1H3,(H,21,22,24). The van der Waals surface area contributed by atoms with Gasteiger partial charge >= 0.3 is 5.97 Å². The molecule has 1 unspecified atom stereocenters. The topological polar surface area (TPSA) is 84.9 Å². The van der Waals surface area contributed by atoms with Crippen LogP contribution in [0.1, 0.15) is 47.7 Å². The minimum Gasteiger partial charge on any atom is -0.458 e. The van der Waals surface area contributed by atoms with Gasteiger partial charge in [-0.15, -0.1) is 11.3 Å². The highest BCUT2D eigenvalue weighted by Gasteiger charge is 2.21. The predicted molar refractivity (Wildman–Crippen MR) is 99.3 cm³/mol. The van der Waals surface area contributed by atoms with Gasteiger partial charge in [0, 0.05) is 23.7 Å². The SMILES string of the molecule is CC(OC(=O)CCc1nc2sc3c(c2c(=O)[nH]1)CCC3)c1ccncc1. The fourth-order valence-corrected chi connectivity index (χ4v) is 4.63. The molecule has 6 nitrogen and oxygen atoms in total. The van der Waals surface area contributed by atoms with Crippen molar-refractivity contribution in [3.63, 3.8) is 0 Å². The van der Waals surface area contributed by atoms with E-state index in [1.807, 2.05) is 19.1 Å². The Morgan fingerprint density at radius 3 is 2.96 bits per heavy atom. The molecule has 7 heteroatoms. The third-order valence-electron chi connectivity index (χ3n) is 4.67. The van der Waals surface area contributed by atoms with Crippen LogP contribution in [0.2, 0.25) is 0 Å². The molecular formula is C19H19N3O3S. The molecule has 0 fully saturated rings. The van der Waals surface area contributed by atoms with Crippen LogP contribution in [0.25, 0.3) is 10.2 Å². The first-order valence-corrected chi connectivity index (χ1v) is 9.56. The Balaban J connectivity index is 1.43. The van der Waals surface area contributed by atoms with Gasteiger partial charge in [0.25, 0.3) is 5.56 Å². The van der Waals surface area contributed by atoms with Gasteiger partial charge in [-0.25, -0.2) is 4.98 Å². The zero-order chi connectivity index (χ0) is 18.1. The van der Waals surface area contributed by atoms with E-state index >= 15 is 0 Å². The number of aromatic nitrogens is 3. The molecule has 3 heterocycles. The second kappa shape index (κ2) is 6.99. The van der Waals surface area contributed by atoms with Gasteiger partial charge in [-0.3, -0.25) is 14.6 Å². The van der Waals surface area contributed by atoms with Crippen molar-refractivity contribution < 1.29 is 9.53 Å². The predicted octanol–water partition coefficient (Wildman–Crippen LogP) is 3.11. The van der Waals surface area contributed by atoms with Crippen LogP contribution in [-0.2, 0) is 28.8 Å². The number of fused-ring (bicyclic) bond motifs is 3. The summed E-state index contributed by atoms with van der Waals surface area (Å²) >= 11 is 1.60. The van der Waals surface area contributed by atoms with Gasteiger partial charge in [0.15, 0.2) is 0 Å². The summed E-state index contributed by atoms with van der Waals surface area (Å²) in [6.45, 7) is 1.83. The lowest BCUT2D eigenvalue weighted by Gasteiger charge is -2.13. The molecule has 26 heavy (non-hydrogen) atoms. The van der Waals surface area contributed by atoms with E-state index in [0.717, 1.165) is 40.6 Å². The minimum atomic E-state index is -0.333. The number of H-pyrrole nitrogens is 1. The van der Waals surface area contributed by atoms with Crippen molar-refractivity contribution in [3.05, 3.63) is 56.7 Å². The van der Waals surface area contributed by atoms with Gasteiger partial charge in [0.2, 0.25) is 0 Å². The number of carbonyl (C=O) groups excluding carboxylic acids is 1. The summed E-state index contributed by atoms with van der Waals surface area (Å²) in [6.07, 6.45) is 6.64. The van der Waals surface area contributed by atoms with Crippen LogP contribution in [0.5, 0.6) is 0 Å². The van der Waals surface area contributed by atoms with Crippen molar-refractivity contribution >= 4 is 27.5 Å². The lowest BCUT2D eigenvalue weighted by molar-refractivity contribution is -0.148. The Kier molecular flexibility index (Phi) is 4.55. The van der Waals surface area contributed by atoms with Crippen LogP contribution in [0.15, 0.2) is 29.3 Å². The summed E-state index contributed by atoms with van der Waals surface area (Å²) in [4.78, 5) is 37.9. The van der Waals surface area contributed by atoms with E-state index in [1.54, 1.807) is 23.7 Å². The molecule has 0 radical (unpaired) electrons. The smallest absolute Gasteiger partial charge is 0.306 e. The molecule has 0 saturated carbocycles. The fourth-order valence-electron chi connectivity index (χ4n) is 3.34. The van der Waals surface area contributed by atoms with E-state index in [-0.39, 0.29) is 24.1 Å². The first-order valence-electron chi connectivity index (χ1n) is 8.74. The Labute approximate surface area is 154 Å². The number of hydrogen-bond donors (Lipinski definition) is 1. The van der Waals surface area contributed by atoms with E-state index in [0.29, 0.717) is 12.2 Å². The number of nitrogens with one attached hydrogen (secondary N) is 1. The molecule has 0 amide bonds. The van der Waals surface area contributed by atoms with Crippen LogP contribution in [0, 0.1) is 0 Å². The zero-order valence-corrected chi connectivity index (χ0v) is 15.3. The fraction of sp³-hybridized carbons (Fsp3) is 0.368. The molecule has 0 aliphatic heterocycles. The molecule has 0 saturated heterocycles. The van der Waals surface area contributed by atoms with E-state index in [1.165, 1.54) is 4.88 Å². The molecule has 0 bridgehead atoms. The van der Waals surface area contributed by atoms with Crippen LogP contribution < -0.4 is 5.56 Å². The monoisotopic (exact) mass is 369 g/mol. The summed E-state index contributed by atoms with van der Waals surface area (Å²) in [5.74, 6) is 0.224. The summed E-state index contributed by atoms with van der Waals surface area (Å²) in [7, 11) is 0. The van der Waals surface area contributed by atoms with Crippen molar-refractivity contribution in [2.75, 3.05) is 0 Å².